The minimum atomic E-state index is -1.10. The van der Waals surface area contributed by atoms with Crippen molar-refractivity contribution in [1.29, 1.82) is 0 Å². The number of aromatic nitrogens is 1. The summed E-state index contributed by atoms with van der Waals surface area (Å²) >= 11 is 0. The number of carbonyl (C=O) groups excluding carboxylic acids is 1. The molecule has 2 heterocycles. The third-order valence-corrected chi connectivity index (χ3v) is 2.86. The molecule has 2 N–H and O–H groups in total. The quantitative estimate of drug-likeness (QED) is 0.832. The number of carboxylic acid groups (broad SMARTS) is 1. The molecule has 0 aromatic carbocycles. The van der Waals surface area contributed by atoms with Gasteiger partial charge in [-0.2, -0.15) is 0 Å². The van der Waals surface area contributed by atoms with Gasteiger partial charge in [-0.25, -0.2) is 14.8 Å². The Bertz CT molecular complexity index is 438. The van der Waals surface area contributed by atoms with Gasteiger partial charge in [-0.05, 0) is 25.0 Å². The number of rotatable bonds is 3. The fourth-order valence-electron chi connectivity index (χ4n) is 1.87. The Labute approximate surface area is 105 Å². The second-order valence-electron chi connectivity index (χ2n) is 4.23. The van der Waals surface area contributed by atoms with Gasteiger partial charge in [0, 0.05) is 19.3 Å². The number of carbonyl (C=O) groups is 2. The fourth-order valence-corrected chi connectivity index (χ4v) is 1.87. The maximum absolute atomic E-state index is 11.9. The molecule has 1 fully saturated rings. The van der Waals surface area contributed by atoms with E-state index in [1.54, 1.807) is 0 Å². The van der Waals surface area contributed by atoms with E-state index in [9.17, 15) is 9.59 Å². The molecule has 1 aliphatic heterocycles. The number of aromatic carboxylic acids is 1. The summed E-state index contributed by atoms with van der Waals surface area (Å²) < 4.78 is 0. The number of nitrogens with one attached hydrogen (secondary N) is 1. The molecule has 2 rings (SSSR count). The Hall–Kier alpha value is -1.95. The zero-order valence-corrected chi connectivity index (χ0v) is 9.93. The first-order valence-electron chi connectivity index (χ1n) is 5.92. The van der Waals surface area contributed by atoms with E-state index < -0.39 is 5.97 Å². The molecule has 18 heavy (non-hydrogen) atoms. The van der Waals surface area contributed by atoms with Gasteiger partial charge >= 0.3 is 5.97 Å². The second-order valence-corrected chi connectivity index (χ2v) is 4.23. The number of nitrogens with zero attached hydrogens (tertiary/aromatic N) is 2. The van der Waals surface area contributed by atoms with Crippen molar-refractivity contribution >= 4 is 11.9 Å². The van der Waals surface area contributed by atoms with E-state index in [1.165, 1.54) is 24.8 Å². The van der Waals surface area contributed by atoms with Crippen LogP contribution >= 0.6 is 0 Å². The summed E-state index contributed by atoms with van der Waals surface area (Å²) in [7, 11) is 0. The molecule has 0 unspecified atom stereocenters. The van der Waals surface area contributed by atoms with Crippen molar-refractivity contribution in [2.24, 2.45) is 0 Å². The monoisotopic (exact) mass is 249 g/mol. The molecule has 1 aliphatic rings. The normalized spacial score (nSPS) is 16.2. The molecule has 6 nitrogen and oxygen atoms in total. The van der Waals surface area contributed by atoms with Crippen LogP contribution in [0.15, 0.2) is 18.3 Å². The molecule has 0 bridgehead atoms. The van der Waals surface area contributed by atoms with Gasteiger partial charge in [0.15, 0.2) is 0 Å². The zero-order valence-electron chi connectivity index (χ0n) is 9.93. The van der Waals surface area contributed by atoms with Crippen LogP contribution in [-0.4, -0.2) is 40.1 Å². The van der Waals surface area contributed by atoms with E-state index in [2.05, 4.69) is 10.4 Å². The highest BCUT2D eigenvalue weighted by atomic mass is 16.4. The van der Waals surface area contributed by atoms with Crippen LogP contribution < -0.4 is 5.43 Å². The zero-order chi connectivity index (χ0) is 13.0. The van der Waals surface area contributed by atoms with Crippen molar-refractivity contribution in [1.82, 2.24) is 15.4 Å². The fraction of sp³-hybridized carbons (Fsp3) is 0.417. The Balaban J connectivity index is 1.97. The van der Waals surface area contributed by atoms with E-state index in [0.29, 0.717) is 5.56 Å². The van der Waals surface area contributed by atoms with Crippen LogP contribution in [0, 0.1) is 0 Å². The standard InChI is InChI=1S/C12H15N3O3/c16-11(14-15-6-2-1-3-7-15)9-4-5-10(12(17)18)13-8-9/h4-5,8H,1-3,6-7H2,(H,14,16)(H,17,18). The smallest absolute Gasteiger partial charge is 0.354 e. The van der Waals surface area contributed by atoms with Gasteiger partial charge in [-0.1, -0.05) is 6.42 Å². The predicted molar refractivity (Wildman–Crippen MR) is 64.1 cm³/mol. The lowest BCUT2D eigenvalue weighted by molar-refractivity contribution is 0.0687. The van der Waals surface area contributed by atoms with E-state index in [0.717, 1.165) is 25.9 Å². The molecule has 1 aromatic heterocycles. The molecule has 1 amide bonds. The Morgan fingerprint density at radius 1 is 1.22 bits per heavy atom. The van der Waals surface area contributed by atoms with Crippen LogP contribution in [0.3, 0.4) is 0 Å². The Morgan fingerprint density at radius 2 is 1.94 bits per heavy atom. The van der Waals surface area contributed by atoms with Gasteiger partial charge in [0.2, 0.25) is 0 Å². The highest BCUT2D eigenvalue weighted by Gasteiger charge is 2.14. The van der Waals surface area contributed by atoms with E-state index in [-0.39, 0.29) is 11.6 Å². The maximum Gasteiger partial charge on any atom is 0.354 e. The van der Waals surface area contributed by atoms with Crippen LogP contribution in [-0.2, 0) is 0 Å². The molecule has 0 radical (unpaired) electrons. The topological polar surface area (TPSA) is 82.5 Å². The van der Waals surface area contributed by atoms with Crippen molar-refractivity contribution in [3.63, 3.8) is 0 Å². The van der Waals surface area contributed by atoms with E-state index in [1.807, 2.05) is 5.01 Å². The molecule has 0 aliphatic carbocycles. The molecule has 6 heteroatoms. The lowest BCUT2D eigenvalue weighted by atomic mass is 10.2. The highest BCUT2D eigenvalue weighted by Crippen LogP contribution is 2.07. The minimum absolute atomic E-state index is 0.0653. The van der Waals surface area contributed by atoms with Crippen LogP contribution in [0.2, 0.25) is 0 Å². The molecule has 1 aromatic rings. The Kier molecular flexibility index (Phi) is 3.88. The summed E-state index contributed by atoms with van der Waals surface area (Å²) in [6, 6.07) is 2.79. The third kappa shape index (κ3) is 3.04. The summed E-state index contributed by atoms with van der Waals surface area (Å²) in [5.74, 6) is -1.35. The van der Waals surface area contributed by atoms with Crippen molar-refractivity contribution in [3.8, 4) is 0 Å². The number of pyridine rings is 1. The van der Waals surface area contributed by atoms with Crippen LogP contribution in [0.1, 0.15) is 40.1 Å². The lowest BCUT2D eigenvalue weighted by Gasteiger charge is -2.26. The molecular weight excluding hydrogens is 234 g/mol. The largest absolute Gasteiger partial charge is 0.477 e. The summed E-state index contributed by atoms with van der Waals surface area (Å²) in [5.41, 5.74) is 3.09. The summed E-state index contributed by atoms with van der Waals surface area (Å²) in [6.45, 7) is 1.71. The number of amides is 1. The average Bonchev–Trinajstić information content (AvgIpc) is 2.40. The van der Waals surface area contributed by atoms with E-state index in [4.69, 9.17) is 5.11 Å². The van der Waals surface area contributed by atoms with Crippen molar-refractivity contribution < 1.29 is 14.7 Å². The second kappa shape index (κ2) is 5.59. The van der Waals surface area contributed by atoms with Gasteiger partial charge in [-0.3, -0.25) is 10.2 Å². The first kappa shape index (κ1) is 12.5. The SMILES string of the molecule is O=C(NN1CCCCC1)c1ccc(C(=O)O)nc1. The van der Waals surface area contributed by atoms with Gasteiger partial charge in [0.1, 0.15) is 5.69 Å². The number of carboxylic acids is 1. The molecule has 96 valence electrons. The Morgan fingerprint density at radius 3 is 2.50 bits per heavy atom. The lowest BCUT2D eigenvalue weighted by Crippen LogP contribution is -2.45. The summed E-state index contributed by atoms with van der Waals surface area (Å²) in [4.78, 5) is 26.2. The van der Waals surface area contributed by atoms with Crippen molar-refractivity contribution in [3.05, 3.63) is 29.6 Å². The van der Waals surface area contributed by atoms with Gasteiger partial charge in [0.05, 0.1) is 5.56 Å². The molecule has 0 spiro atoms. The maximum atomic E-state index is 11.9. The predicted octanol–water partition coefficient (Wildman–Crippen LogP) is 0.910. The molecule has 1 saturated heterocycles. The first-order chi connectivity index (χ1) is 8.66. The summed E-state index contributed by atoms with van der Waals surface area (Å²) in [5, 5.41) is 10.6. The molecular formula is C12H15N3O3. The first-order valence-corrected chi connectivity index (χ1v) is 5.92. The number of hydrazine groups is 1. The van der Waals surface area contributed by atoms with E-state index >= 15 is 0 Å². The molecule has 0 saturated carbocycles. The molecule has 0 atom stereocenters. The van der Waals surface area contributed by atoms with Crippen LogP contribution in [0.25, 0.3) is 0 Å². The number of piperidine rings is 1. The van der Waals surface area contributed by atoms with Gasteiger partial charge in [-0.15, -0.1) is 0 Å². The summed E-state index contributed by atoms with van der Waals surface area (Å²) in [6.07, 6.45) is 4.64. The minimum Gasteiger partial charge on any atom is -0.477 e. The number of hydrogen-bond acceptors (Lipinski definition) is 4. The van der Waals surface area contributed by atoms with Crippen molar-refractivity contribution in [2.45, 2.75) is 19.3 Å². The van der Waals surface area contributed by atoms with Gasteiger partial charge in [0.25, 0.3) is 5.91 Å². The van der Waals surface area contributed by atoms with Gasteiger partial charge < -0.3 is 5.11 Å². The highest BCUT2D eigenvalue weighted by molar-refractivity contribution is 5.94. The van der Waals surface area contributed by atoms with Crippen LogP contribution in [0.4, 0.5) is 0 Å². The average molecular weight is 249 g/mol. The van der Waals surface area contributed by atoms with Crippen LogP contribution in [0.5, 0.6) is 0 Å². The number of hydrogen-bond donors (Lipinski definition) is 2. The van der Waals surface area contributed by atoms with Crippen molar-refractivity contribution in [2.75, 3.05) is 13.1 Å². The third-order valence-electron chi connectivity index (χ3n) is 2.86.